The third kappa shape index (κ3) is 3.16. The van der Waals surface area contributed by atoms with Crippen LogP contribution in [0.2, 0.25) is 0 Å². The largest absolute Gasteiger partial charge is 0.326 e. The van der Waals surface area contributed by atoms with Crippen molar-refractivity contribution < 1.29 is 9.59 Å². The lowest BCUT2D eigenvalue weighted by molar-refractivity contribution is -0.117. The maximum Gasteiger partial charge on any atom is 0.258 e. The number of fused-ring (bicyclic) bond motifs is 1. The molecule has 0 saturated heterocycles. The topological polar surface area (TPSA) is 49.4 Å². The molecule has 128 valence electrons. The second-order valence-electron chi connectivity index (χ2n) is 7.04. The Morgan fingerprint density at radius 2 is 1.84 bits per heavy atom. The summed E-state index contributed by atoms with van der Waals surface area (Å²) in [5, 5.41) is 2.92. The molecule has 1 saturated carbocycles. The fourth-order valence-electron chi connectivity index (χ4n) is 3.46. The summed E-state index contributed by atoms with van der Waals surface area (Å²) in [6, 6.07) is 15.5. The van der Waals surface area contributed by atoms with E-state index in [0.29, 0.717) is 11.3 Å². The number of rotatable bonds is 3. The summed E-state index contributed by atoms with van der Waals surface area (Å²) in [4.78, 5) is 27.0. The number of amides is 2. The molecule has 1 aliphatic heterocycles. The number of hydrogen-bond acceptors (Lipinski definition) is 2. The third-order valence-electron chi connectivity index (χ3n) is 5.07. The highest BCUT2D eigenvalue weighted by Gasteiger charge is 2.31. The number of benzene rings is 2. The molecule has 1 aliphatic carbocycles. The lowest BCUT2D eigenvalue weighted by Gasteiger charge is -2.35. The minimum atomic E-state index is -0.0119. The Balaban J connectivity index is 1.61. The first-order valence-corrected chi connectivity index (χ1v) is 8.96. The van der Waals surface area contributed by atoms with E-state index >= 15 is 0 Å². The van der Waals surface area contributed by atoms with Crippen molar-refractivity contribution in [2.45, 2.75) is 38.6 Å². The van der Waals surface area contributed by atoms with Gasteiger partial charge in [-0.1, -0.05) is 24.3 Å². The Morgan fingerprint density at radius 1 is 1.04 bits per heavy atom. The Morgan fingerprint density at radius 3 is 2.64 bits per heavy atom. The summed E-state index contributed by atoms with van der Waals surface area (Å²) < 4.78 is 0. The zero-order valence-electron chi connectivity index (χ0n) is 14.4. The zero-order chi connectivity index (χ0) is 17.4. The molecule has 0 bridgehead atoms. The quantitative estimate of drug-likeness (QED) is 0.922. The van der Waals surface area contributed by atoms with Crippen LogP contribution in [0.1, 0.15) is 42.1 Å². The normalized spacial score (nSPS) is 19.2. The van der Waals surface area contributed by atoms with Crippen LogP contribution in [0.4, 0.5) is 11.4 Å². The van der Waals surface area contributed by atoms with Gasteiger partial charge in [-0.3, -0.25) is 9.59 Å². The molecule has 1 atom stereocenters. The second-order valence-corrected chi connectivity index (χ2v) is 7.04. The lowest BCUT2D eigenvalue weighted by atomic mass is 9.95. The van der Waals surface area contributed by atoms with Gasteiger partial charge in [0.05, 0.1) is 0 Å². The van der Waals surface area contributed by atoms with Crippen LogP contribution in [-0.4, -0.2) is 17.9 Å². The molecule has 0 radical (unpaired) electrons. The predicted molar refractivity (Wildman–Crippen MR) is 98.8 cm³/mol. The third-order valence-corrected chi connectivity index (χ3v) is 5.07. The fourth-order valence-corrected chi connectivity index (χ4v) is 3.46. The summed E-state index contributed by atoms with van der Waals surface area (Å²) in [7, 11) is 0. The summed E-state index contributed by atoms with van der Waals surface area (Å²) in [6.07, 6.45) is 3.89. The van der Waals surface area contributed by atoms with Gasteiger partial charge in [0.15, 0.2) is 0 Å². The van der Waals surface area contributed by atoms with Crippen molar-refractivity contribution in [1.82, 2.24) is 0 Å². The zero-order valence-corrected chi connectivity index (χ0v) is 14.4. The van der Waals surface area contributed by atoms with Crippen LogP contribution in [-0.2, 0) is 11.2 Å². The SMILES string of the molecule is CC1CCc2ccccc2N1C(=O)c1cccc(NC(=O)C2CC2)c1. The molecule has 4 nitrogen and oxygen atoms in total. The Bertz CT molecular complexity index is 826. The van der Waals surface area contributed by atoms with Gasteiger partial charge >= 0.3 is 0 Å². The summed E-state index contributed by atoms with van der Waals surface area (Å²) in [5.41, 5.74) is 3.52. The summed E-state index contributed by atoms with van der Waals surface area (Å²) in [6.45, 7) is 2.09. The molecule has 1 heterocycles. The number of nitrogens with one attached hydrogen (secondary N) is 1. The van der Waals surface area contributed by atoms with Crippen LogP contribution in [0.15, 0.2) is 48.5 Å². The first-order chi connectivity index (χ1) is 12.1. The standard InChI is InChI=1S/C21H22N2O2/c1-14-9-10-15-5-2-3-8-19(15)23(14)21(25)17-6-4-7-18(13-17)22-20(24)16-11-12-16/h2-8,13-14,16H,9-12H2,1H3,(H,22,24). The molecule has 4 rings (SSSR count). The minimum absolute atomic E-state index is 0.0119. The van der Waals surface area contributed by atoms with Gasteiger partial charge in [-0.05, 0) is 62.4 Å². The van der Waals surface area contributed by atoms with E-state index in [1.54, 1.807) is 6.07 Å². The lowest BCUT2D eigenvalue weighted by Crippen LogP contribution is -2.42. The second kappa shape index (κ2) is 6.36. The van der Waals surface area contributed by atoms with Gasteiger partial charge in [0, 0.05) is 28.9 Å². The van der Waals surface area contributed by atoms with E-state index in [9.17, 15) is 9.59 Å². The maximum atomic E-state index is 13.2. The van der Waals surface area contributed by atoms with Gasteiger partial charge in [-0.2, -0.15) is 0 Å². The number of aryl methyl sites for hydroxylation is 1. The van der Waals surface area contributed by atoms with Crippen molar-refractivity contribution in [1.29, 1.82) is 0 Å². The average Bonchev–Trinajstić information content (AvgIpc) is 3.46. The minimum Gasteiger partial charge on any atom is -0.326 e. The van der Waals surface area contributed by atoms with E-state index in [4.69, 9.17) is 0 Å². The van der Waals surface area contributed by atoms with Crippen LogP contribution < -0.4 is 10.2 Å². The van der Waals surface area contributed by atoms with E-state index in [2.05, 4.69) is 18.3 Å². The van der Waals surface area contributed by atoms with Crippen LogP contribution in [0.5, 0.6) is 0 Å². The van der Waals surface area contributed by atoms with Crippen molar-refractivity contribution in [3.05, 3.63) is 59.7 Å². The number of hydrogen-bond donors (Lipinski definition) is 1. The monoisotopic (exact) mass is 334 g/mol. The van der Waals surface area contributed by atoms with E-state index < -0.39 is 0 Å². The molecule has 2 aromatic rings. The number of para-hydroxylation sites is 1. The van der Waals surface area contributed by atoms with Crippen LogP contribution in [0, 0.1) is 5.92 Å². The van der Waals surface area contributed by atoms with Crippen molar-refractivity contribution in [3.63, 3.8) is 0 Å². The molecule has 2 aliphatic rings. The molecular weight excluding hydrogens is 312 g/mol. The van der Waals surface area contributed by atoms with Gasteiger partial charge in [0.1, 0.15) is 0 Å². The van der Waals surface area contributed by atoms with E-state index in [1.807, 2.05) is 41.3 Å². The van der Waals surface area contributed by atoms with Gasteiger partial charge in [0.25, 0.3) is 5.91 Å². The molecule has 1 unspecified atom stereocenters. The van der Waals surface area contributed by atoms with Crippen LogP contribution >= 0.6 is 0 Å². The van der Waals surface area contributed by atoms with Crippen molar-refractivity contribution in [2.75, 3.05) is 10.2 Å². The molecule has 4 heteroatoms. The van der Waals surface area contributed by atoms with Gasteiger partial charge in [0.2, 0.25) is 5.91 Å². The highest BCUT2D eigenvalue weighted by Crippen LogP contribution is 2.33. The molecule has 25 heavy (non-hydrogen) atoms. The average molecular weight is 334 g/mol. The predicted octanol–water partition coefficient (Wildman–Crippen LogP) is 4.02. The number of nitrogens with zero attached hydrogens (tertiary/aromatic N) is 1. The molecule has 0 spiro atoms. The first-order valence-electron chi connectivity index (χ1n) is 8.96. The smallest absolute Gasteiger partial charge is 0.258 e. The highest BCUT2D eigenvalue weighted by atomic mass is 16.2. The van der Waals surface area contributed by atoms with E-state index in [-0.39, 0.29) is 23.8 Å². The Labute approximate surface area is 147 Å². The summed E-state index contributed by atoms with van der Waals surface area (Å²) >= 11 is 0. The maximum absolute atomic E-state index is 13.2. The van der Waals surface area contributed by atoms with Gasteiger partial charge in [-0.15, -0.1) is 0 Å². The molecule has 0 aromatic heterocycles. The van der Waals surface area contributed by atoms with Crippen molar-refractivity contribution in [2.24, 2.45) is 5.92 Å². The Kier molecular flexibility index (Phi) is 4.04. The van der Waals surface area contributed by atoms with Crippen molar-refractivity contribution in [3.8, 4) is 0 Å². The molecule has 1 fully saturated rings. The molecule has 2 aromatic carbocycles. The van der Waals surface area contributed by atoms with E-state index in [1.165, 1.54) is 5.56 Å². The Hall–Kier alpha value is -2.62. The van der Waals surface area contributed by atoms with Gasteiger partial charge in [-0.25, -0.2) is 0 Å². The molecule has 2 amide bonds. The van der Waals surface area contributed by atoms with Crippen molar-refractivity contribution >= 4 is 23.2 Å². The van der Waals surface area contributed by atoms with Crippen LogP contribution in [0.3, 0.4) is 0 Å². The number of anilines is 2. The highest BCUT2D eigenvalue weighted by molar-refractivity contribution is 6.08. The molecule has 1 N–H and O–H groups in total. The molecular formula is C21H22N2O2. The summed E-state index contributed by atoms with van der Waals surface area (Å²) in [5.74, 6) is 0.191. The number of carbonyl (C=O) groups excluding carboxylic acids is 2. The first kappa shape index (κ1) is 15.9. The number of carbonyl (C=O) groups is 2. The van der Waals surface area contributed by atoms with E-state index in [0.717, 1.165) is 31.4 Å². The fraction of sp³-hybridized carbons (Fsp3) is 0.333. The van der Waals surface area contributed by atoms with Gasteiger partial charge < -0.3 is 10.2 Å². The van der Waals surface area contributed by atoms with Crippen LogP contribution in [0.25, 0.3) is 0 Å².